The number of amides is 1. The van der Waals surface area contributed by atoms with Crippen LogP contribution in [-0.2, 0) is 11.3 Å². The molecule has 0 saturated heterocycles. The first kappa shape index (κ1) is 18.2. The normalized spacial score (nSPS) is 10.8. The van der Waals surface area contributed by atoms with Crippen LogP contribution < -0.4 is 10.1 Å². The molecule has 0 aliphatic carbocycles. The standard InChI is InChI=1S/C17H17ClF2N2O2/c1-22(9-11-3-5-13(19)14(20)7-11)10-17(23)21-15-8-12(18)4-6-16(15)24-2/h3-8H,9-10H2,1-2H3,(H,21,23). The molecule has 0 heterocycles. The number of methoxy groups -OCH3 is 1. The molecule has 0 radical (unpaired) electrons. The van der Waals surface area contributed by atoms with Crippen LogP contribution in [0.25, 0.3) is 0 Å². The third-order valence-corrected chi connectivity index (χ3v) is 3.52. The van der Waals surface area contributed by atoms with E-state index in [0.717, 1.165) is 12.1 Å². The lowest BCUT2D eigenvalue weighted by Gasteiger charge is -2.17. The van der Waals surface area contributed by atoms with Gasteiger partial charge in [0.05, 0.1) is 19.3 Å². The smallest absolute Gasteiger partial charge is 0.238 e. The van der Waals surface area contributed by atoms with Gasteiger partial charge in [-0.25, -0.2) is 8.78 Å². The van der Waals surface area contributed by atoms with E-state index in [4.69, 9.17) is 16.3 Å². The molecule has 7 heteroatoms. The number of nitrogens with zero attached hydrogens (tertiary/aromatic N) is 1. The lowest BCUT2D eigenvalue weighted by Crippen LogP contribution is -2.30. The highest BCUT2D eigenvalue weighted by atomic mass is 35.5. The second-order valence-corrected chi connectivity index (χ2v) is 5.75. The predicted molar refractivity (Wildman–Crippen MR) is 89.3 cm³/mol. The summed E-state index contributed by atoms with van der Waals surface area (Å²) in [6.45, 7) is 0.367. The number of carbonyl (C=O) groups is 1. The van der Waals surface area contributed by atoms with Crippen LogP contribution in [0.2, 0.25) is 5.02 Å². The van der Waals surface area contributed by atoms with Gasteiger partial charge in [0.2, 0.25) is 5.91 Å². The van der Waals surface area contributed by atoms with E-state index >= 15 is 0 Å². The van der Waals surface area contributed by atoms with Gasteiger partial charge in [-0.05, 0) is 42.9 Å². The molecule has 0 bridgehead atoms. The Morgan fingerprint density at radius 2 is 1.96 bits per heavy atom. The van der Waals surface area contributed by atoms with Crippen LogP contribution in [0.4, 0.5) is 14.5 Å². The zero-order valence-corrected chi connectivity index (χ0v) is 14.0. The van der Waals surface area contributed by atoms with Crippen LogP contribution in [0.1, 0.15) is 5.56 Å². The molecule has 1 amide bonds. The number of ether oxygens (including phenoxy) is 1. The third kappa shape index (κ3) is 4.91. The topological polar surface area (TPSA) is 41.6 Å². The van der Waals surface area contributed by atoms with Gasteiger partial charge in [-0.3, -0.25) is 9.69 Å². The van der Waals surface area contributed by atoms with E-state index in [1.807, 2.05) is 0 Å². The van der Waals surface area contributed by atoms with E-state index in [1.54, 1.807) is 30.1 Å². The molecule has 2 aromatic rings. The van der Waals surface area contributed by atoms with E-state index in [9.17, 15) is 13.6 Å². The number of likely N-dealkylation sites (N-methyl/N-ethyl adjacent to an activating group) is 1. The Morgan fingerprint density at radius 3 is 2.62 bits per heavy atom. The Kier molecular flexibility index (Phi) is 6.11. The van der Waals surface area contributed by atoms with Crippen molar-refractivity contribution in [2.75, 3.05) is 26.0 Å². The Bertz CT molecular complexity index is 741. The zero-order chi connectivity index (χ0) is 17.7. The van der Waals surface area contributed by atoms with Gasteiger partial charge in [-0.2, -0.15) is 0 Å². The van der Waals surface area contributed by atoms with E-state index in [2.05, 4.69) is 5.32 Å². The molecule has 0 aliphatic rings. The zero-order valence-electron chi connectivity index (χ0n) is 13.3. The average Bonchev–Trinajstić information content (AvgIpc) is 2.51. The Hall–Kier alpha value is -2.18. The summed E-state index contributed by atoms with van der Waals surface area (Å²) in [5.41, 5.74) is 1.04. The minimum absolute atomic E-state index is 0.0641. The summed E-state index contributed by atoms with van der Waals surface area (Å²) in [6, 6.07) is 8.56. The lowest BCUT2D eigenvalue weighted by molar-refractivity contribution is -0.117. The minimum atomic E-state index is -0.908. The molecule has 0 aliphatic heterocycles. The van der Waals surface area contributed by atoms with E-state index in [0.29, 0.717) is 28.6 Å². The van der Waals surface area contributed by atoms with Gasteiger partial charge in [0.15, 0.2) is 11.6 Å². The molecule has 2 aromatic carbocycles. The fraction of sp³-hybridized carbons (Fsp3) is 0.235. The van der Waals surface area contributed by atoms with Crippen molar-refractivity contribution >= 4 is 23.2 Å². The highest BCUT2D eigenvalue weighted by molar-refractivity contribution is 6.31. The summed E-state index contributed by atoms with van der Waals surface area (Å²) in [6.07, 6.45) is 0. The van der Waals surface area contributed by atoms with Gasteiger partial charge in [0.25, 0.3) is 0 Å². The molecular weight excluding hydrogens is 338 g/mol. The number of carbonyl (C=O) groups excluding carboxylic acids is 1. The maximum absolute atomic E-state index is 13.2. The molecule has 0 atom stereocenters. The third-order valence-electron chi connectivity index (χ3n) is 3.29. The summed E-state index contributed by atoms with van der Waals surface area (Å²) in [4.78, 5) is 13.8. The molecule has 128 valence electrons. The van der Waals surface area contributed by atoms with Crippen LogP contribution in [0.3, 0.4) is 0 Å². The second-order valence-electron chi connectivity index (χ2n) is 5.31. The molecule has 0 unspecified atom stereocenters. The molecular formula is C17H17ClF2N2O2. The fourth-order valence-electron chi connectivity index (χ4n) is 2.22. The minimum Gasteiger partial charge on any atom is -0.495 e. The van der Waals surface area contributed by atoms with Gasteiger partial charge in [0, 0.05) is 11.6 Å². The quantitative estimate of drug-likeness (QED) is 0.860. The molecule has 2 rings (SSSR count). The first-order valence-corrected chi connectivity index (χ1v) is 7.52. The van der Waals surface area contributed by atoms with Gasteiger partial charge in [-0.1, -0.05) is 17.7 Å². The second kappa shape index (κ2) is 8.08. The summed E-state index contributed by atoms with van der Waals surface area (Å²) in [5, 5.41) is 3.19. The van der Waals surface area contributed by atoms with Crippen LogP contribution in [0, 0.1) is 11.6 Å². The van der Waals surface area contributed by atoms with Crippen molar-refractivity contribution < 1.29 is 18.3 Å². The van der Waals surface area contributed by atoms with Crippen LogP contribution in [-0.4, -0.2) is 31.5 Å². The highest BCUT2D eigenvalue weighted by Crippen LogP contribution is 2.27. The largest absolute Gasteiger partial charge is 0.495 e. The fourth-order valence-corrected chi connectivity index (χ4v) is 2.39. The van der Waals surface area contributed by atoms with Crippen LogP contribution in [0.15, 0.2) is 36.4 Å². The summed E-state index contributed by atoms with van der Waals surface area (Å²) >= 11 is 5.91. The number of anilines is 1. The van der Waals surface area contributed by atoms with Gasteiger partial charge < -0.3 is 10.1 Å². The van der Waals surface area contributed by atoms with Crippen molar-refractivity contribution in [2.24, 2.45) is 0 Å². The predicted octanol–water partition coefficient (Wildman–Crippen LogP) is 3.70. The number of rotatable bonds is 6. The molecule has 24 heavy (non-hydrogen) atoms. The molecule has 0 fully saturated rings. The number of nitrogens with one attached hydrogen (secondary N) is 1. The molecule has 0 aromatic heterocycles. The Morgan fingerprint density at radius 1 is 1.21 bits per heavy atom. The van der Waals surface area contributed by atoms with Gasteiger partial charge >= 0.3 is 0 Å². The first-order chi connectivity index (χ1) is 11.4. The monoisotopic (exact) mass is 354 g/mol. The van der Waals surface area contributed by atoms with Crippen molar-refractivity contribution in [3.8, 4) is 5.75 Å². The van der Waals surface area contributed by atoms with E-state index in [1.165, 1.54) is 13.2 Å². The highest BCUT2D eigenvalue weighted by Gasteiger charge is 2.12. The van der Waals surface area contributed by atoms with Crippen molar-refractivity contribution in [3.63, 3.8) is 0 Å². The summed E-state index contributed by atoms with van der Waals surface area (Å²) in [5.74, 6) is -1.59. The Balaban J connectivity index is 1.96. The van der Waals surface area contributed by atoms with Gasteiger partial charge in [0.1, 0.15) is 5.75 Å². The number of benzene rings is 2. The average molecular weight is 355 g/mol. The van der Waals surface area contributed by atoms with Crippen LogP contribution in [0.5, 0.6) is 5.75 Å². The van der Waals surface area contributed by atoms with Crippen molar-refractivity contribution in [2.45, 2.75) is 6.54 Å². The number of hydrogen-bond acceptors (Lipinski definition) is 3. The lowest BCUT2D eigenvalue weighted by atomic mass is 10.2. The van der Waals surface area contributed by atoms with E-state index < -0.39 is 11.6 Å². The summed E-state index contributed by atoms with van der Waals surface area (Å²) in [7, 11) is 3.20. The maximum Gasteiger partial charge on any atom is 0.238 e. The van der Waals surface area contributed by atoms with E-state index in [-0.39, 0.29) is 12.5 Å². The Labute approximate surface area is 144 Å². The van der Waals surface area contributed by atoms with Crippen molar-refractivity contribution in [1.29, 1.82) is 0 Å². The summed E-state index contributed by atoms with van der Waals surface area (Å²) < 4.78 is 31.3. The molecule has 0 saturated carbocycles. The number of halogens is 3. The van der Waals surface area contributed by atoms with Crippen LogP contribution >= 0.6 is 11.6 Å². The van der Waals surface area contributed by atoms with Gasteiger partial charge in [-0.15, -0.1) is 0 Å². The van der Waals surface area contributed by atoms with Crippen molar-refractivity contribution in [1.82, 2.24) is 4.90 Å². The molecule has 4 nitrogen and oxygen atoms in total. The maximum atomic E-state index is 13.2. The number of hydrogen-bond donors (Lipinski definition) is 1. The van der Waals surface area contributed by atoms with Crippen molar-refractivity contribution in [3.05, 3.63) is 58.6 Å². The first-order valence-electron chi connectivity index (χ1n) is 7.15. The SMILES string of the molecule is COc1ccc(Cl)cc1NC(=O)CN(C)Cc1ccc(F)c(F)c1. The molecule has 0 spiro atoms. The molecule has 1 N–H and O–H groups in total.